The summed E-state index contributed by atoms with van der Waals surface area (Å²) in [6.45, 7) is 6.87. The first kappa shape index (κ1) is 12.4. The van der Waals surface area contributed by atoms with E-state index in [1.165, 1.54) is 0 Å². The summed E-state index contributed by atoms with van der Waals surface area (Å²) < 4.78 is 0. The SMILES string of the molecule is CC(CO)NCCCC(C)(C)C#N. The number of rotatable bonds is 6. The Labute approximate surface area is 80.8 Å². The molecule has 1 unspecified atom stereocenters. The summed E-state index contributed by atoms with van der Waals surface area (Å²) >= 11 is 0. The Morgan fingerprint density at radius 2 is 2.15 bits per heavy atom. The highest BCUT2D eigenvalue weighted by atomic mass is 16.3. The molecule has 0 aromatic carbocycles. The molecular weight excluding hydrogens is 164 g/mol. The molecule has 0 saturated carbocycles. The lowest BCUT2D eigenvalue weighted by atomic mass is 9.90. The van der Waals surface area contributed by atoms with Crippen molar-refractivity contribution >= 4 is 0 Å². The maximum absolute atomic E-state index is 8.74. The smallest absolute Gasteiger partial charge is 0.0683 e. The molecule has 0 saturated heterocycles. The molecule has 0 fully saturated rings. The van der Waals surface area contributed by atoms with Crippen molar-refractivity contribution in [2.24, 2.45) is 5.41 Å². The molecule has 0 rings (SSSR count). The van der Waals surface area contributed by atoms with Gasteiger partial charge >= 0.3 is 0 Å². The van der Waals surface area contributed by atoms with Gasteiger partial charge in [-0.25, -0.2) is 0 Å². The van der Waals surface area contributed by atoms with Gasteiger partial charge in [-0.1, -0.05) is 0 Å². The highest BCUT2D eigenvalue weighted by Gasteiger charge is 2.15. The van der Waals surface area contributed by atoms with E-state index in [0.717, 1.165) is 19.4 Å². The minimum absolute atomic E-state index is 0.158. The first-order valence-corrected chi connectivity index (χ1v) is 4.77. The average molecular weight is 184 g/mol. The van der Waals surface area contributed by atoms with Crippen LogP contribution in [0.5, 0.6) is 0 Å². The van der Waals surface area contributed by atoms with Crippen LogP contribution in [-0.2, 0) is 0 Å². The van der Waals surface area contributed by atoms with Crippen molar-refractivity contribution in [3.8, 4) is 6.07 Å². The first-order valence-electron chi connectivity index (χ1n) is 4.77. The van der Waals surface area contributed by atoms with Gasteiger partial charge in [0.05, 0.1) is 18.1 Å². The molecule has 0 amide bonds. The molecular formula is C10H20N2O. The van der Waals surface area contributed by atoms with E-state index in [4.69, 9.17) is 10.4 Å². The number of aliphatic hydroxyl groups excluding tert-OH is 1. The molecule has 1 atom stereocenters. The van der Waals surface area contributed by atoms with Crippen molar-refractivity contribution in [3.05, 3.63) is 0 Å². The average Bonchev–Trinajstić information content (AvgIpc) is 2.12. The van der Waals surface area contributed by atoms with Gasteiger partial charge in [0.1, 0.15) is 0 Å². The lowest BCUT2D eigenvalue weighted by Crippen LogP contribution is -2.30. The van der Waals surface area contributed by atoms with Crippen molar-refractivity contribution < 1.29 is 5.11 Å². The molecule has 3 heteroatoms. The predicted octanol–water partition coefficient (Wildman–Crippen LogP) is 1.29. The molecule has 3 nitrogen and oxygen atoms in total. The van der Waals surface area contributed by atoms with Gasteiger partial charge in [-0.05, 0) is 40.2 Å². The summed E-state index contributed by atoms with van der Waals surface area (Å²) in [6, 6.07) is 2.42. The van der Waals surface area contributed by atoms with Crippen LogP contribution in [0.25, 0.3) is 0 Å². The van der Waals surface area contributed by atoms with Gasteiger partial charge in [-0.15, -0.1) is 0 Å². The summed E-state index contributed by atoms with van der Waals surface area (Å²) in [5.74, 6) is 0. The topological polar surface area (TPSA) is 56.0 Å². The Bertz CT molecular complexity index is 172. The van der Waals surface area contributed by atoms with E-state index in [1.54, 1.807) is 0 Å². The summed E-state index contributed by atoms with van der Waals surface area (Å²) in [6.07, 6.45) is 1.87. The maximum Gasteiger partial charge on any atom is 0.0683 e. The van der Waals surface area contributed by atoms with Gasteiger partial charge in [0.2, 0.25) is 0 Å². The Morgan fingerprint density at radius 3 is 2.62 bits per heavy atom. The third kappa shape index (κ3) is 6.56. The molecule has 0 aromatic heterocycles. The highest BCUT2D eigenvalue weighted by Crippen LogP contribution is 2.19. The molecule has 2 N–H and O–H groups in total. The van der Waals surface area contributed by atoms with Crippen LogP contribution in [0.1, 0.15) is 33.6 Å². The fourth-order valence-electron chi connectivity index (χ4n) is 0.999. The van der Waals surface area contributed by atoms with E-state index < -0.39 is 0 Å². The Kier molecular flexibility index (Phi) is 5.68. The Hall–Kier alpha value is -0.590. The van der Waals surface area contributed by atoms with Gasteiger partial charge < -0.3 is 10.4 Å². The van der Waals surface area contributed by atoms with Crippen LogP contribution in [-0.4, -0.2) is 24.3 Å². The molecule has 0 aliphatic carbocycles. The normalized spacial score (nSPS) is 13.8. The molecule has 0 heterocycles. The number of nitrogens with one attached hydrogen (secondary N) is 1. The number of nitriles is 1. The molecule has 0 bridgehead atoms. The lowest BCUT2D eigenvalue weighted by Gasteiger charge is -2.16. The second-order valence-electron chi connectivity index (χ2n) is 4.14. The van der Waals surface area contributed by atoms with Crippen LogP contribution in [0, 0.1) is 16.7 Å². The quantitative estimate of drug-likeness (QED) is 0.611. The fourth-order valence-corrected chi connectivity index (χ4v) is 0.999. The van der Waals surface area contributed by atoms with Crippen molar-refractivity contribution in [2.45, 2.75) is 39.7 Å². The summed E-state index contributed by atoms with van der Waals surface area (Å²) in [5, 5.41) is 20.6. The summed E-state index contributed by atoms with van der Waals surface area (Å²) in [4.78, 5) is 0. The van der Waals surface area contributed by atoms with E-state index in [2.05, 4.69) is 11.4 Å². The Morgan fingerprint density at radius 1 is 1.54 bits per heavy atom. The van der Waals surface area contributed by atoms with Gasteiger partial charge in [0.15, 0.2) is 0 Å². The van der Waals surface area contributed by atoms with E-state index >= 15 is 0 Å². The number of hydrogen-bond acceptors (Lipinski definition) is 3. The third-order valence-electron chi connectivity index (χ3n) is 2.05. The van der Waals surface area contributed by atoms with Crippen LogP contribution in [0.3, 0.4) is 0 Å². The maximum atomic E-state index is 8.74. The van der Waals surface area contributed by atoms with E-state index in [0.29, 0.717) is 0 Å². The van der Waals surface area contributed by atoms with E-state index in [9.17, 15) is 0 Å². The van der Waals surface area contributed by atoms with Crippen LogP contribution in [0.4, 0.5) is 0 Å². The zero-order valence-corrected chi connectivity index (χ0v) is 8.80. The van der Waals surface area contributed by atoms with Gasteiger partial charge in [-0.2, -0.15) is 5.26 Å². The second kappa shape index (κ2) is 5.95. The monoisotopic (exact) mass is 184 g/mol. The van der Waals surface area contributed by atoms with Crippen LogP contribution in [0.15, 0.2) is 0 Å². The number of aliphatic hydroxyl groups is 1. The highest BCUT2D eigenvalue weighted by molar-refractivity contribution is 4.91. The number of hydrogen-bond donors (Lipinski definition) is 2. The van der Waals surface area contributed by atoms with Crippen molar-refractivity contribution in [2.75, 3.05) is 13.2 Å². The second-order valence-corrected chi connectivity index (χ2v) is 4.14. The minimum atomic E-state index is -0.218. The number of nitrogens with zero attached hydrogens (tertiary/aromatic N) is 1. The molecule has 0 spiro atoms. The Balaban J connectivity index is 3.42. The lowest BCUT2D eigenvalue weighted by molar-refractivity contribution is 0.250. The minimum Gasteiger partial charge on any atom is -0.395 e. The van der Waals surface area contributed by atoms with Crippen LogP contribution in [0.2, 0.25) is 0 Å². The first-order chi connectivity index (χ1) is 6.02. The van der Waals surface area contributed by atoms with Gasteiger partial charge in [0, 0.05) is 6.04 Å². The summed E-state index contributed by atoms with van der Waals surface area (Å²) in [5.41, 5.74) is -0.218. The molecule has 0 aliphatic rings. The summed E-state index contributed by atoms with van der Waals surface area (Å²) in [7, 11) is 0. The van der Waals surface area contributed by atoms with E-state index in [-0.39, 0.29) is 18.1 Å². The zero-order valence-electron chi connectivity index (χ0n) is 8.80. The van der Waals surface area contributed by atoms with Crippen LogP contribution >= 0.6 is 0 Å². The van der Waals surface area contributed by atoms with Crippen molar-refractivity contribution in [1.82, 2.24) is 5.32 Å². The fraction of sp³-hybridized carbons (Fsp3) is 0.900. The molecule has 0 aromatic rings. The predicted molar refractivity (Wildman–Crippen MR) is 53.2 cm³/mol. The van der Waals surface area contributed by atoms with E-state index in [1.807, 2.05) is 20.8 Å². The molecule has 76 valence electrons. The molecule has 13 heavy (non-hydrogen) atoms. The molecule has 0 radical (unpaired) electrons. The largest absolute Gasteiger partial charge is 0.395 e. The van der Waals surface area contributed by atoms with Crippen molar-refractivity contribution in [3.63, 3.8) is 0 Å². The van der Waals surface area contributed by atoms with Gasteiger partial charge in [0.25, 0.3) is 0 Å². The zero-order chi connectivity index (χ0) is 10.3. The van der Waals surface area contributed by atoms with Gasteiger partial charge in [-0.3, -0.25) is 0 Å². The molecule has 0 aliphatic heterocycles. The van der Waals surface area contributed by atoms with Crippen molar-refractivity contribution in [1.29, 1.82) is 5.26 Å². The standard InChI is InChI=1S/C10H20N2O/c1-9(7-13)12-6-4-5-10(2,3)8-11/h9,12-13H,4-7H2,1-3H3. The van der Waals surface area contributed by atoms with Crippen LogP contribution < -0.4 is 5.32 Å². The third-order valence-corrected chi connectivity index (χ3v) is 2.05.